The van der Waals surface area contributed by atoms with Crippen LogP contribution in [-0.2, 0) is 0 Å². The maximum Gasteiger partial charge on any atom is 0 e. The zero-order valence-corrected chi connectivity index (χ0v) is 3.58. The summed E-state index contributed by atoms with van der Waals surface area (Å²) in [6, 6.07) is 0. The predicted molar refractivity (Wildman–Crippen MR) is 21.6 cm³/mol. The van der Waals surface area contributed by atoms with Crippen LogP contribution in [0.3, 0.4) is 0 Å². The molecule has 0 aromatic heterocycles. The predicted octanol–water partition coefficient (Wildman–Crippen LogP) is 1.77. The first kappa shape index (κ1) is 4.00. The Kier molecular flexibility index (Phi) is 1.33. The van der Waals surface area contributed by atoms with Gasteiger partial charge in [0.2, 0.25) is 0 Å². The third-order valence-corrected chi connectivity index (χ3v) is 0. The monoisotopic (exact) mass is 59.1 g/mol. The second-order valence-corrected chi connectivity index (χ2v) is 1.73. The number of hydrogen-bond donors (Lipinski definition) is 0. The van der Waals surface area contributed by atoms with Gasteiger partial charge in [-0.1, -0.05) is 20.8 Å². The van der Waals surface area contributed by atoms with Gasteiger partial charge in [-0.05, 0) is 5.92 Å². The maximum atomic E-state index is 2.17. The van der Waals surface area contributed by atoms with Crippen LogP contribution in [0.5, 0.6) is 0 Å². The Balaban J connectivity index is 0. The molecule has 0 aliphatic rings. The molecule has 0 rings (SSSR count). The summed E-state index contributed by atoms with van der Waals surface area (Å²) < 4.78 is 0. The summed E-state index contributed by atoms with van der Waals surface area (Å²) in [6.07, 6.45) is 0. The van der Waals surface area contributed by atoms with Gasteiger partial charge in [-0.3, -0.25) is 0 Å². The quantitative estimate of drug-likeness (QED) is 0.399. The minimum absolute atomic E-state index is 0. The maximum absolute atomic E-state index is 2.17. The van der Waals surface area contributed by atoms with Gasteiger partial charge in [-0.25, -0.2) is 0 Å². The minimum Gasteiger partial charge on any atom is -0.0630 e. The molecule has 0 unspecified atom stereocenters. The highest BCUT2D eigenvalue weighted by molar-refractivity contribution is 4.20. The molecule has 0 atom stereocenters. The molecule has 0 bridgehead atoms. The minimum atomic E-state index is 0. The van der Waals surface area contributed by atoms with Crippen molar-refractivity contribution in [1.82, 2.24) is 0 Å². The van der Waals surface area contributed by atoms with E-state index in [0.717, 1.165) is 5.92 Å². The fourth-order valence-electron chi connectivity index (χ4n) is 0. The molecule has 0 amide bonds. The Labute approximate surface area is 29.3 Å². The third kappa shape index (κ3) is 0. The normalized spacial score (nSPS) is 9.00. The van der Waals surface area contributed by atoms with Crippen LogP contribution < -0.4 is 0 Å². The smallest absolute Gasteiger partial charge is 0 e. The molecule has 27 valence electrons. The fourth-order valence-corrected chi connectivity index (χ4v) is 0. The molecule has 0 nitrogen and oxygen atoms in total. The van der Waals surface area contributed by atoms with Gasteiger partial charge in [-0.2, -0.15) is 0 Å². The van der Waals surface area contributed by atoms with Crippen molar-refractivity contribution in [2.45, 2.75) is 20.8 Å². The van der Waals surface area contributed by atoms with Crippen LogP contribution in [0.1, 0.15) is 22.2 Å². The summed E-state index contributed by atoms with van der Waals surface area (Å²) in [5.41, 5.74) is 0. The summed E-state index contributed by atoms with van der Waals surface area (Å²) in [5, 5.41) is 0. The van der Waals surface area contributed by atoms with Crippen molar-refractivity contribution in [3.63, 3.8) is 0 Å². The molecule has 0 aliphatic carbocycles. The van der Waals surface area contributed by atoms with Gasteiger partial charge in [0.1, 0.15) is 0 Å². The van der Waals surface area contributed by atoms with Crippen LogP contribution in [-0.4, -0.2) is 0 Å². The lowest BCUT2D eigenvalue weighted by atomic mass is 10.3. The molecule has 0 aromatic rings. The summed E-state index contributed by atoms with van der Waals surface area (Å²) in [6.45, 7) is 6.50. The van der Waals surface area contributed by atoms with Gasteiger partial charge in [0.25, 0.3) is 0 Å². The highest BCUT2D eigenvalue weighted by atomic mass is 13.7. The average Bonchev–Trinajstić information content (AvgIpc) is 0.811. The standard InChI is InChI=1S/C4H10.H/c1-4(2)3;/h4H,1-3H3;. The van der Waals surface area contributed by atoms with Gasteiger partial charge >= 0.3 is 0 Å². The first-order valence-electron chi connectivity index (χ1n) is 1.73. The van der Waals surface area contributed by atoms with E-state index in [9.17, 15) is 0 Å². The van der Waals surface area contributed by atoms with Crippen molar-refractivity contribution >= 4 is 0 Å². The summed E-state index contributed by atoms with van der Waals surface area (Å²) in [7, 11) is 0. The molecule has 0 aromatic carbocycles. The highest BCUT2D eigenvalue weighted by Crippen LogP contribution is 1.81. The van der Waals surface area contributed by atoms with E-state index in [4.69, 9.17) is 0 Å². The Morgan fingerprint density at radius 1 is 1.25 bits per heavy atom. The Morgan fingerprint density at radius 2 is 1.25 bits per heavy atom. The molecule has 0 N–H and O–H groups in total. The molecular formula is C4H11. The van der Waals surface area contributed by atoms with Crippen LogP contribution in [0.4, 0.5) is 0 Å². The van der Waals surface area contributed by atoms with E-state index in [0.29, 0.717) is 0 Å². The first-order chi connectivity index (χ1) is 1.73. The van der Waals surface area contributed by atoms with Crippen LogP contribution >= 0.6 is 0 Å². The lowest BCUT2D eigenvalue weighted by Crippen LogP contribution is -1.66. The van der Waals surface area contributed by atoms with Crippen molar-refractivity contribution < 1.29 is 1.43 Å². The average molecular weight is 59.1 g/mol. The molecule has 0 fully saturated rings. The fraction of sp³-hybridized carbons (Fsp3) is 1.00. The zero-order chi connectivity index (χ0) is 3.58. The van der Waals surface area contributed by atoms with E-state index in [2.05, 4.69) is 20.8 Å². The summed E-state index contributed by atoms with van der Waals surface area (Å²) >= 11 is 0. The largest absolute Gasteiger partial charge is 0.0630 e. The van der Waals surface area contributed by atoms with E-state index < -0.39 is 0 Å². The van der Waals surface area contributed by atoms with Crippen molar-refractivity contribution in [2.24, 2.45) is 5.92 Å². The first-order valence-corrected chi connectivity index (χ1v) is 1.73. The van der Waals surface area contributed by atoms with E-state index >= 15 is 0 Å². The van der Waals surface area contributed by atoms with E-state index in [1.807, 2.05) is 0 Å². The number of rotatable bonds is 0. The number of hydrogen-bond acceptors (Lipinski definition) is 0. The van der Waals surface area contributed by atoms with Crippen LogP contribution in [0.2, 0.25) is 0 Å². The van der Waals surface area contributed by atoms with Crippen molar-refractivity contribution in [3.05, 3.63) is 0 Å². The third-order valence-electron chi connectivity index (χ3n) is 0. The van der Waals surface area contributed by atoms with E-state index in [-0.39, 0.29) is 1.43 Å². The molecule has 0 saturated carbocycles. The summed E-state index contributed by atoms with van der Waals surface area (Å²) in [5.74, 6) is 0.833. The lowest BCUT2D eigenvalue weighted by molar-refractivity contribution is 0.737. The molecule has 0 aliphatic heterocycles. The van der Waals surface area contributed by atoms with E-state index in [1.165, 1.54) is 0 Å². The van der Waals surface area contributed by atoms with Gasteiger partial charge < -0.3 is 0 Å². The second kappa shape index (κ2) is 1.33. The highest BCUT2D eigenvalue weighted by Gasteiger charge is 1.68. The SMILES string of the molecule is CC(C)C.[H]. The van der Waals surface area contributed by atoms with Gasteiger partial charge in [-0.15, -0.1) is 0 Å². The van der Waals surface area contributed by atoms with Gasteiger partial charge in [0, 0.05) is 1.43 Å². The van der Waals surface area contributed by atoms with Gasteiger partial charge in [0.15, 0.2) is 0 Å². The van der Waals surface area contributed by atoms with Crippen LogP contribution in [0.25, 0.3) is 0 Å². The molecule has 0 heteroatoms. The second-order valence-electron chi connectivity index (χ2n) is 1.73. The molecule has 0 heterocycles. The van der Waals surface area contributed by atoms with Crippen LogP contribution in [0.15, 0.2) is 0 Å². The van der Waals surface area contributed by atoms with Crippen molar-refractivity contribution in [1.29, 1.82) is 0 Å². The Bertz CT molecular complexity index is 8.36. The molecule has 0 saturated heterocycles. The Hall–Kier alpha value is 0. The Morgan fingerprint density at radius 3 is 1.25 bits per heavy atom. The molecule has 0 spiro atoms. The molecule has 1 radical (unpaired) electrons. The van der Waals surface area contributed by atoms with E-state index in [1.54, 1.807) is 0 Å². The molecular weight excluding hydrogens is 48.0 g/mol. The lowest BCUT2D eigenvalue weighted by Gasteiger charge is -1.79. The molecule has 4 heavy (non-hydrogen) atoms. The van der Waals surface area contributed by atoms with Crippen molar-refractivity contribution in [2.75, 3.05) is 0 Å². The van der Waals surface area contributed by atoms with Crippen molar-refractivity contribution in [3.8, 4) is 0 Å². The van der Waals surface area contributed by atoms with Crippen LogP contribution in [0, 0.1) is 5.92 Å². The topological polar surface area (TPSA) is 0 Å². The summed E-state index contributed by atoms with van der Waals surface area (Å²) in [4.78, 5) is 0. The zero-order valence-electron chi connectivity index (χ0n) is 4.58. The van der Waals surface area contributed by atoms with Gasteiger partial charge in [0.05, 0.1) is 0 Å².